The molecule has 0 fully saturated rings. The van der Waals surface area contributed by atoms with E-state index >= 15 is 0 Å². The van der Waals surface area contributed by atoms with Gasteiger partial charge in [0, 0.05) is 17.4 Å². The number of amides is 1. The summed E-state index contributed by atoms with van der Waals surface area (Å²) in [7, 11) is -3.36. The molecule has 1 heterocycles. The van der Waals surface area contributed by atoms with E-state index in [-0.39, 0.29) is 29.4 Å². The van der Waals surface area contributed by atoms with E-state index in [4.69, 9.17) is 0 Å². The van der Waals surface area contributed by atoms with Crippen molar-refractivity contribution in [3.05, 3.63) is 65.5 Å². The molecule has 3 rings (SSSR count). The van der Waals surface area contributed by atoms with E-state index in [0.29, 0.717) is 11.0 Å². The van der Waals surface area contributed by atoms with E-state index in [1.54, 1.807) is 30.3 Å². The molecule has 0 spiro atoms. The smallest absolute Gasteiger partial charge is 0.226 e. The number of sulfone groups is 1. The molecule has 0 unspecified atom stereocenters. The number of benzene rings is 2. The summed E-state index contributed by atoms with van der Waals surface area (Å²) in [5.74, 6) is 0.180. The number of rotatable bonds is 8. The van der Waals surface area contributed by atoms with Crippen LogP contribution in [0.5, 0.6) is 0 Å². The normalized spacial score (nSPS) is 11.6. The molecular weight excluding hydrogens is 404 g/mol. The Morgan fingerprint density at radius 1 is 1.07 bits per heavy atom. The highest BCUT2D eigenvalue weighted by Crippen LogP contribution is 2.26. The number of anilines is 1. The first-order valence-corrected chi connectivity index (χ1v) is 12.0. The number of hydrogen-bond donors (Lipinski definition) is 1. The summed E-state index contributed by atoms with van der Waals surface area (Å²) in [6.45, 7) is 4.30. The second-order valence-corrected chi connectivity index (χ2v) is 10.1. The van der Waals surface area contributed by atoms with Gasteiger partial charge in [0.2, 0.25) is 5.91 Å². The molecule has 0 aliphatic carbocycles. The second-order valence-electron chi connectivity index (χ2n) is 7.10. The molecule has 2 aromatic carbocycles. The fraction of sp³-hybridized carbons (Fsp3) is 0.273. The SMILES string of the molecule is CC(C)c1ccc(-c2csc(NC(=O)CCCS(=O)(=O)c3ccccc3)n2)cc1. The van der Waals surface area contributed by atoms with Crippen LogP contribution in [0.4, 0.5) is 5.13 Å². The van der Waals surface area contributed by atoms with Gasteiger partial charge in [-0.25, -0.2) is 13.4 Å². The third-order valence-corrected chi connectivity index (χ3v) is 7.12. The summed E-state index contributed by atoms with van der Waals surface area (Å²) in [6.07, 6.45) is 0.391. The third-order valence-electron chi connectivity index (χ3n) is 4.54. The molecule has 1 amide bonds. The van der Waals surface area contributed by atoms with Crippen LogP contribution in [-0.4, -0.2) is 25.1 Å². The zero-order chi connectivity index (χ0) is 20.9. The first-order valence-electron chi connectivity index (χ1n) is 9.48. The number of aromatic nitrogens is 1. The Morgan fingerprint density at radius 3 is 2.41 bits per heavy atom. The molecule has 1 N–H and O–H groups in total. The van der Waals surface area contributed by atoms with Gasteiger partial charge in [-0.15, -0.1) is 11.3 Å². The van der Waals surface area contributed by atoms with Crippen molar-refractivity contribution in [2.24, 2.45) is 0 Å². The lowest BCUT2D eigenvalue weighted by Crippen LogP contribution is -2.14. The molecular formula is C22H24N2O3S2. The van der Waals surface area contributed by atoms with Crippen molar-refractivity contribution < 1.29 is 13.2 Å². The van der Waals surface area contributed by atoms with Crippen molar-refractivity contribution in [3.8, 4) is 11.3 Å². The van der Waals surface area contributed by atoms with Crippen molar-refractivity contribution in [3.63, 3.8) is 0 Å². The summed E-state index contributed by atoms with van der Waals surface area (Å²) < 4.78 is 24.5. The number of hydrogen-bond acceptors (Lipinski definition) is 5. The van der Waals surface area contributed by atoms with Crippen LogP contribution in [0.3, 0.4) is 0 Å². The Bertz CT molecular complexity index is 1060. The number of nitrogens with zero attached hydrogens (tertiary/aromatic N) is 1. The summed E-state index contributed by atoms with van der Waals surface area (Å²) in [5.41, 5.74) is 3.08. The van der Waals surface area contributed by atoms with E-state index in [1.807, 2.05) is 17.5 Å². The lowest BCUT2D eigenvalue weighted by molar-refractivity contribution is -0.116. The van der Waals surface area contributed by atoms with Gasteiger partial charge in [0.25, 0.3) is 0 Å². The number of carbonyl (C=O) groups is 1. The van der Waals surface area contributed by atoms with Crippen LogP contribution in [0, 0.1) is 0 Å². The lowest BCUT2D eigenvalue weighted by Gasteiger charge is -2.05. The molecule has 7 heteroatoms. The van der Waals surface area contributed by atoms with E-state index in [2.05, 4.69) is 36.3 Å². The second kappa shape index (κ2) is 9.33. The lowest BCUT2D eigenvalue weighted by atomic mass is 10.0. The quantitative estimate of drug-likeness (QED) is 0.540. The van der Waals surface area contributed by atoms with Gasteiger partial charge in [-0.05, 0) is 30.0 Å². The minimum atomic E-state index is -3.36. The van der Waals surface area contributed by atoms with Crippen molar-refractivity contribution in [1.29, 1.82) is 0 Å². The monoisotopic (exact) mass is 428 g/mol. The fourth-order valence-electron chi connectivity index (χ4n) is 2.85. The van der Waals surface area contributed by atoms with Crippen molar-refractivity contribution in [2.45, 2.75) is 37.5 Å². The van der Waals surface area contributed by atoms with Gasteiger partial charge < -0.3 is 5.32 Å². The average Bonchev–Trinajstić information content (AvgIpc) is 3.17. The highest BCUT2D eigenvalue weighted by atomic mass is 32.2. The van der Waals surface area contributed by atoms with Crippen LogP contribution >= 0.6 is 11.3 Å². The molecule has 5 nitrogen and oxygen atoms in total. The van der Waals surface area contributed by atoms with Crippen LogP contribution in [0.2, 0.25) is 0 Å². The summed E-state index contributed by atoms with van der Waals surface area (Å²) in [6, 6.07) is 16.5. The third kappa shape index (κ3) is 5.74. The molecule has 1 aromatic heterocycles. The van der Waals surface area contributed by atoms with Gasteiger partial charge in [-0.1, -0.05) is 56.3 Å². The van der Waals surface area contributed by atoms with Crippen molar-refractivity contribution >= 4 is 32.2 Å². The zero-order valence-corrected chi connectivity index (χ0v) is 18.1. The van der Waals surface area contributed by atoms with Crippen LogP contribution in [0.25, 0.3) is 11.3 Å². The standard InChI is InChI=1S/C22H24N2O3S2/c1-16(2)17-10-12-18(13-11-17)20-15-28-22(23-20)24-21(25)9-6-14-29(26,27)19-7-4-3-5-8-19/h3-5,7-8,10-13,15-16H,6,9,14H2,1-2H3,(H,23,24,25). The van der Waals surface area contributed by atoms with Gasteiger partial charge in [0.15, 0.2) is 15.0 Å². The van der Waals surface area contributed by atoms with Crippen LogP contribution in [0.1, 0.15) is 38.2 Å². The molecule has 152 valence electrons. The highest BCUT2D eigenvalue weighted by molar-refractivity contribution is 7.91. The highest BCUT2D eigenvalue weighted by Gasteiger charge is 2.15. The van der Waals surface area contributed by atoms with Crippen LogP contribution in [-0.2, 0) is 14.6 Å². The van der Waals surface area contributed by atoms with Crippen LogP contribution in [0.15, 0.2) is 64.9 Å². The first-order chi connectivity index (χ1) is 13.8. The number of thiazole rings is 1. The van der Waals surface area contributed by atoms with E-state index in [0.717, 1.165) is 11.3 Å². The maximum Gasteiger partial charge on any atom is 0.226 e. The Balaban J connectivity index is 1.52. The van der Waals surface area contributed by atoms with Crippen molar-refractivity contribution in [1.82, 2.24) is 4.98 Å². The van der Waals surface area contributed by atoms with E-state index in [1.165, 1.54) is 16.9 Å². The molecule has 0 aliphatic heterocycles. The minimum Gasteiger partial charge on any atom is -0.302 e. The maximum atomic E-state index is 12.3. The number of carbonyl (C=O) groups excluding carboxylic acids is 1. The molecule has 0 aliphatic rings. The summed E-state index contributed by atoms with van der Waals surface area (Å²) in [5, 5.41) is 5.18. The Labute approximate surface area is 175 Å². The van der Waals surface area contributed by atoms with Gasteiger partial charge in [-0.3, -0.25) is 4.79 Å². The molecule has 0 saturated heterocycles. The van der Waals surface area contributed by atoms with Gasteiger partial charge in [-0.2, -0.15) is 0 Å². The van der Waals surface area contributed by atoms with E-state index < -0.39 is 9.84 Å². The molecule has 0 radical (unpaired) electrons. The Hall–Kier alpha value is -2.51. The predicted octanol–water partition coefficient (Wildman–Crippen LogP) is 5.13. The van der Waals surface area contributed by atoms with Crippen LogP contribution < -0.4 is 5.32 Å². The Kier molecular flexibility index (Phi) is 6.82. The predicted molar refractivity (Wildman–Crippen MR) is 118 cm³/mol. The molecule has 3 aromatic rings. The molecule has 29 heavy (non-hydrogen) atoms. The molecule has 0 atom stereocenters. The minimum absolute atomic E-state index is 0.0598. The summed E-state index contributed by atoms with van der Waals surface area (Å²) >= 11 is 1.36. The van der Waals surface area contributed by atoms with E-state index in [9.17, 15) is 13.2 Å². The van der Waals surface area contributed by atoms with Gasteiger partial charge >= 0.3 is 0 Å². The molecule has 0 saturated carbocycles. The van der Waals surface area contributed by atoms with Crippen molar-refractivity contribution in [2.75, 3.05) is 11.1 Å². The largest absolute Gasteiger partial charge is 0.302 e. The topological polar surface area (TPSA) is 76.1 Å². The average molecular weight is 429 g/mol. The first kappa shape index (κ1) is 21.2. The van der Waals surface area contributed by atoms with Gasteiger partial charge in [0.1, 0.15) is 0 Å². The van der Waals surface area contributed by atoms with Gasteiger partial charge in [0.05, 0.1) is 16.3 Å². The Morgan fingerprint density at radius 2 is 1.76 bits per heavy atom. The fourth-order valence-corrected chi connectivity index (χ4v) is 4.92. The number of nitrogens with one attached hydrogen (secondary N) is 1. The summed E-state index contributed by atoms with van der Waals surface area (Å²) in [4.78, 5) is 16.9. The molecule has 0 bridgehead atoms. The zero-order valence-electron chi connectivity index (χ0n) is 16.5. The maximum absolute atomic E-state index is 12.3.